The fraction of sp³-hybridized carbons (Fsp3) is 0.636. The number of ether oxygens (including phenoxy) is 2. The number of hydrogen-bond donors (Lipinski definition) is 0. The predicted molar refractivity (Wildman–Crippen MR) is 50.1 cm³/mol. The van der Waals surface area contributed by atoms with Crippen LogP contribution in [0.2, 0.25) is 0 Å². The Balaban J connectivity index is 1.89. The van der Waals surface area contributed by atoms with Gasteiger partial charge in [0.15, 0.2) is 0 Å². The van der Waals surface area contributed by atoms with E-state index >= 15 is 0 Å². The molecule has 6 heteroatoms. The molecule has 1 saturated carbocycles. The van der Waals surface area contributed by atoms with Crippen molar-refractivity contribution in [1.82, 2.24) is 0 Å². The fourth-order valence-electron chi connectivity index (χ4n) is 3.02. The molecule has 0 N–H and O–H groups in total. The Labute approximate surface area is 96.2 Å². The zero-order chi connectivity index (χ0) is 12.2. The van der Waals surface area contributed by atoms with Crippen LogP contribution in [0.3, 0.4) is 0 Å². The van der Waals surface area contributed by atoms with Crippen LogP contribution >= 0.6 is 0 Å². The lowest BCUT2D eigenvalue weighted by atomic mass is 9.65. The molecule has 0 aromatic carbocycles. The first-order valence-electron chi connectivity index (χ1n) is 5.52. The maximum absolute atomic E-state index is 11.7. The highest BCUT2D eigenvalue weighted by molar-refractivity contribution is 6.00. The summed E-state index contributed by atoms with van der Waals surface area (Å²) in [7, 11) is 0. The van der Waals surface area contributed by atoms with Crippen molar-refractivity contribution in [2.45, 2.75) is 25.7 Å². The summed E-state index contributed by atoms with van der Waals surface area (Å²) in [5.41, 5.74) is -0.901. The zero-order valence-electron chi connectivity index (χ0n) is 8.93. The second-order valence-corrected chi connectivity index (χ2v) is 4.91. The molecule has 6 nitrogen and oxygen atoms in total. The molecule has 17 heavy (non-hydrogen) atoms. The average molecular weight is 238 g/mol. The minimum Gasteiger partial charge on any atom is -0.393 e. The Kier molecular flexibility index (Phi) is 1.93. The number of fused-ring (bicyclic) bond motifs is 1. The van der Waals surface area contributed by atoms with E-state index in [1.54, 1.807) is 0 Å². The lowest BCUT2D eigenvalue weighted by Gasteiger charge is -2.32. The van der Waals surface area contributed by atoms with E-state index in [1.165, 1.54) is 0 Å². The van der Waals surface area contributed by atoms with Gasteiger partial charge in [-0.2, -0.15) is 0 Å². The van der Waals surface area contributed by atoms with Crippen molar-refractivity contribution in [2.24, 2.45) is 17.3 Å². The molecule has 0 bridgehead atoms. The van der Waals surface area contributed by atoms with Crippen LogP contribution < -0.4 is 0 Å². The molecular formula is C11H10O6. The average Bonchev–Trinajstić information content (AvgIpc) is 2.67. The van der Waals surface area contributed by atoms with Crippen LogP contribution in [0, 0.1) is 17.3 Å². The SMILES string of the molecule is O=C1CC2(CCC3C(=O)OC(=O)C3C2)C(=O)O1. The molecule has 3 atom stereocenters. The van der Waals surface area contributed by atoms with Crippen LogP contribution in [0.25, 0.3) is 0 Å². The van der Waals surface area contributed by atoms with Gasteiger partial charge in [0.2, 0.25) is 0 Å². The quantitative estimate of drug-likeness (QED) is 0.434. The summed E-state index contributed by atoms with van der Waals surface area (Å²) in [6.07, 6.45) is 1.00. The molecule has 2 heterocycles. The second kappa shape index (κ2) is 3.15. The van der Waals surface area contributed by atoms with Crippen LogP contribution in [-0.4, -0.2) is 23.9 Å². The lowest BCUT2D eigenvalue weighted by molar-refractivity contribution is -0.157. The van der Waals surface area contributed by atoms with Crippen LogP contribution in [0.5, 0.6) is 0 Å². The third kappa shape index (κ3) is 1.33. The molecule has 0 aromatic rings. The molecule has 3 unspecified atom stereocenters. The topological polar surface area (TPSA) is 86.7 Å². The Morgan fingerprint density at radius 1 is 1.00 bits per heavy atom. The number of rotatable bonds is 0. The summed E-state index contributed by atoms with van der Waals surface area (Å²) in [5.74, 6) is -3.23. The van der Waals surface area contributed by atoms with Gasteiger partial charge in [-0.15, -0.1) is 0 Å². The molecule has 0 amide bonds. The number of carbonyl (C=O) groups is 4. The Hall–Kier alpha value is -1.72. The first kappa shape index (κ1) is 10.4. The highest BCUT2D eigenvalue weighted by atomic mass is 16.6. The van der Waals surface area contributed by atoms with Gasteiger partial charge in [-0.25, -0.2) is 0 Å². The number of cyclic esters (lactones) is 4. The number of hydrogen-bond acceptors (Lipinski definition) is 6. The molecule has 0 aromatic heterocycles. The van der Waals surface area contributed by atoms with Crippen molar-refractivity contribution in [3.63, 3.8) is 0 Å². The maximum atomic E-state index is 11.7. The molecule has 3 fully saturated rings. The van der Waals surface area contributed by atoms with Gasteiger partial charge in [-0.3, -0.25) is 19.2 Å². The van der Waals surface area contributed by atoms with Crippen molar-refractivity contribution >= 4 is 23.9 Å². The summed E-state index contributed by atoms with van der Waals surface area (Å²) >= 11 is 0. The normalized spacial score (nSPS) is 40.5. The second-order valence-electron chi connectivity index (χ2n) is 4.91. The van der Waals surface area contributed by atoms with Crippen LogP contribution in [0.1, 0.15) is 25.7 Å². The van der Waals surface area contributed by atoms with Crippen molar-refractivity contribution in [3.05, 3.63) is 0 Å². The standard InChI is InChI=1S/C11H10O6/c12-7-4-11(10(15)16-7)2-1-5-6(3-11)9(14)17-8(5)13/h5-6H,1-4H2. The monoisotopic (exact) mass is 238 g/mol. The summed E-state index contributed by atoms with van der Waals surface area (Å²) in [5, 5.41) is 0. The molecule has 1 spiro atoms. The van der Waals surface area contributed by atoms with E-state index < -0.39 is 41.1 Å². The molecule has 3 aliphatic rings. The van der Waals surface area contributed by atoms with Gasteiger partial charge in [0.25, 0.3) is 0 Å². The van der Waals surface area contributed by atoms with Gasteiger partial charge in [0.1, 0.15) is 0 Å². The van der Waals surface area contributed by atoms with E-state index in [2.05, 4.69) is 9.47 Å². The zero-order valence-corrected chi connectivity index (χ0v) is 8.93. The maximum Gasteiger partial charge on any atom is 0.320 e. The smallest absolute Gasteiger partial charge is 0.320 e. The van der Waals surface area contributed by atoms with Gasteiger partial charge in [0, 0.05) is 0 Å². The number of esters is 4. The first-order chi connectivity index (χ1) is 8.02. The van der Waals surface area contributed by atoms with Gasteiger partial charge in [-0.05, 0) is 19.3 Å². The van der Waals surface area contributed by atoms with Crippen molar-refractivity contribution < 1.29 is 28.7 Å². The van der Waals surface area contributed by atoms with E-state index in [1.807, 2.05) is 0 Å². The molecule has 90 valence electrons. The highest BCUT2D eigenvalue weighted by Crippen LogP contribution is 2.50. The Morgan fingerprint density at radius 3 is 2.35 bits per heavy atom. The van der Waals surface area contributed by atoms with Gasteiger partial charge in [0.05, 0.1) is 23.7 Å². The Bertz CT molecular complexity index is 453. The summed E-state index contributed by atoms with van der Waals surface area (Å²) < 4.78 is 9.11. The van der Waals surface area contributed by atoms with Gasteiger partial charge < -0.3 is 9.47 Å². The first-order valence-corrected chi connectivity index (χ1v) is 5.52. The minimum atomic E-state index is -0.901. The van der Waals surface area contributed by atoms with E-state index in [0.29, 0.717) is 12.8 Å². The summed E-state index contributed by atoms with van der Waals surface area (Å²) in [6, 6.07) is 0. The van der Waals surface area contributed by atoms with E-state index in [9.17, 15) is 19.2 Å². The molecule has 2 aliphatic heterocycles. The van der Waals surface area contributed by atoms with Gasteiger partial charge >= 0.3 is 23.9 Å². The summed E-state index contributed by atoms with van der Waals surface area (Å²) in [6.45, 7) is 0. The van der Waals surface area contributed by atoms with Crippen molar-refractivity contribution in [2.75, 3.05) is 0 Å². The van der Waals surface area contributed by atoms with E-state index in [-0.39, 0.29) is 12.8 Å². The van der Waals surface area contributed by atoms with Crippen molar-refractivity contribution in [1.29, 1.82) is 0 Å². The van der Waals surface area contributed by atoms with Crippen LogP contribution in [-0.2, 0) is 28.7 Å². The molecule has 1 aliphatic carbocycles. The predicted octanol–water partition coefficient (Wildman–Crippen LogP) is -0.0540. The highest BCUT2D eigenvalue weighted by Gasteiger charge is 2.59. The third-order valence-electron chi connectivity index (χ3n) is 3.96. The number of carbonyl (C=O) groups excluding carboxylic acids is 4. The van der Waals surface area contributed by atoms with Crippen LogP contribution in [0.4, 0.5) is 0 Å². The molecule has 0 radical (unpaired) electrons. The molecular weight excluding hydrogens is 228 g/mol. The minimum absolute atomic E-state index is 0.0104. The Morgan fingerprint density at radius 2 is 1.71 bits per heavy atom. The van der Waals surface area contributed by atoms with Crippen LogP contribution in [0.15, 0.2) is 0 Å². The fourth-order valence-corrected chi connectivity index (χ4v) is 3.02. The van der Waals surface area contributed by atoms with Crippen molar-refractivity contribution in [3.8, 4) is 0 Å². The van der Waals surface area contributed by atoms with Gasteiger partial charge in [-0.1, -0.05) is 0 Å². The van der Waals surface area contributed by atoms with E-state index in [0.717, 1.165) is 0 Å². The molecule has 3 rings (SSSR count). The largest absolute Gasteiger partial charge is 0.393 e. The summed E-state index contributed by atoms with van der Waals surface area (Å²) in [4.78, 5) is 45.6. The lowest BCUT2D eigenvalue weighted by Crippen LogP contribution is -2.38. The molecule has 2 saturated heterocycles. The van der Waals surface area contributed by atoms with E-state index in [4.69, 9.17) is 0 Å². The third-order valence-corrected chi connectivity index (χ3v) is 3.96.